The lowest BCUT2D eigenvalue weighted by atomic mass is 9.93. The Balaban J connectivity index is 3.60. The molecule has 1 atom stereocenters. The maximum atomic E-state index is 11.9. The van der Waals surface area contributed by atoms with Gasteiger partial charge in [0.25, 0.3) is 0 Å². The van der Waals surface area contributed by atoms with Crippen LogP contribution in [0.3, 0.4) is 0 Å². The Hall–Kier alpha value is -0.660. The molecule has 136 valence electrons. The number of hydrogen-bond donors (Lipinski definition) is 0. The highest BCUT2D eigenvalue weighted by Gasteiger charge is 2.16. The minimum atomic E-state index is -0.134. The highest BCUT2D eigenvalue weighted by atomic mass is 16.2. The third kappa shape index (κ3) is 14.7. The molecule has 0 aromatic carbocycles. The van der Waals surface area contributed by atoms with Gasteiger partial charge < -0.3 is 0 Å². The largest absolute Gasteiger partial charge is 0.291 e. The van der Waals surface area contributed by atoms with Crippen molar-refractivity contribution in [2.75, 3.05) is 0 Å². The smallest absolute Gasteiger partial charge is 0.198 e. The molecule has 2 nitrogen and oxygen atoms in total. The first-order chi connectivity index (χ1) is 11.0. The normalized spacial score (nSPS) is 12.6. The topological polar surface area (TPSA) is 34.1 Å². The van der Waals surface area contributed by atoms with Crippen LogP contribution in [0.1, 0.15) is 111 Å². The number of ketones is 2. The third-order valence-corrected chi connectivity index (χ3v) is 4.58. The van der Waals surface area contributed by atoms with Gasteiger partial charge in [-0.15, -0.1) is 0 Å². The summed E-state index contributed by atoms with van der Waals surface area (Å²) in [6.45, 7) is 8.78. The van der Waals surface area contributed by atoms with Crippen molar-refractivity contribution in [1.82, 2.24) is 0 Å². The van der Waals surface area contributed by atoms with Gasteiger partial charge in [-0.3, -0.25) is 9.59 Å². The summed E-state index contributed by atoms with van der Waals surface area (Å²) in [5.41, 5.74) is 0. The average Bonchev–Trinajstić information content (AvgIpc) is 2.49. The molecular formula is C21H40O2. The molecule has 0 N–H and O–H groups in total. The Kier molecular flexibility index (Phi) is 14.5. The first-order valence-corrected chi connectivity index (χ1v) is 10.0. The fraction of sp³-hybridized carbons (Fsp3) is 0.905. The second-order valence-corrected chi connectivity index (χ2v) is 7.71. The van der Waals surface area contributed by atoms with Gasteiger partial charge >= 0.3 is 0 Å². The zero-order valence-electron chi connectivity index (χ0n) is 16.2. The fourth-order valence-electron chi connectivity index (χ4n) is 2.97. The first-order valence-electron chi connectivity index (χ1n) is 10.0. The lowest BCUT2D eigenvalue weighted by Crippen LogP contribution is -2.16. The van der Waals surface area contributed by atoms with Crippen molar-refractivity contribution >= 4 is 11.6 Å². The van der Waals surface area contributed by atoms with E-state index >= 15 is 0 Å². The van der Waals surface area contributed by atoms with Crippen LogP contribution < -0.4 is 0 Å². The van der Waals surface area contributed by atoms with E-state index in [1.807, 2.05) is 0 Å². The summed E-state index contributed by atoms with van der Waals surface area (Å²) in [6.07, 6.45) is 14.1. The summed E-state index contributed by atoms with van der Waals surface area (Å²) in [4.78, 5) is 23.8. The van der Waals surface area contributed by atoms with Crippen LogP contribution in [0, 0.1) is 11.8 Å². The summed E-state index contributed by atoms with van der Waals surface area (Å²) in [6, 6.07) is 0. The van der Waals surface area contributed by atoms with Gasteiger partial charge in [-0.2, -0.15) is 0 Å². The van der Waals surface area contributed by atoms with Gasteiger partial charge in [0.1, 0.15) is 0 Å². The molecule has 23 heavy (non-hydrogen) atoms. The predicted molar refractivity (Wildman–Crippen MR) is 99.7 cm³/mol. The summed E-state index contributed by atoms with van der Waals surface area (Å²) in [5, 5.41) is 0. The Bertz CT molecular complexity index is 307. The summed E-state index contributed by atoms with van der Waals surface area (Å²) in [7, 11) is 0. The second kappa shape index (κ2) is 14.9. The average molecular weight is 325 g/mol. The van der Waals surface area contributed by atoms with E-state index in [9.17, 15) is 9.59 Å². The van der Waals surface area contributed by atoms with Crippen molar-refractivity contribution in [3.63, 3.8) is 0 Å². The number of rotatable bonds is 16. The molecule has 0 radical (unpaired) electrons. The van der Waals surface area contributed by atoms with Crippen LogP contribution in [0.15, 0.2) is 0 Å². The van der Waals surface area contributed by atoms with E-state index in [4.69, 9.17) is 0 Å². The van der Waals surface area contributed by atoms with E-state index in [2.05, 4.69) is 27.7 Å². The molecule has 0 aliphatic heterocycles. The lowest BCUT2D eigenvalue weighted by Gasteiger charge is -2.11. The van der Waals surface area contributed by atoms with Crippen LogP contribution in [0.5, 0.6) is 0 Å². The molecule has 0 aromatic rings. The monoisotopic (exact) mass is 324 g/mol. The molecule has 0 heterocycles. The SMILES string of the molecule is CCCCCCCCCCC(=O)C(=O)CC(C)CCCC(C)C. The van der Waals surface area contributed by atoms with Gasteiger partial charge in [0.2, 0.25) is 0 Å². The number of carbonyl (C=O) groups excluding carboxylic acids is 2. The van der Waals surface area contributed by atoms with E-state index in [0.717, 1.165) is 25.2 Å². The van der Waals surface area contributed by atoms with E-state index < -0.39 is 0 Å². The van der Waals surface area contributed by atoms with Crippen LogP contribution in [0.2, 0.25) is 0 Å². The minimum absolute atomic E-state index is 0.133. The summed E-state index contributed by atoms with van der Waals surface area (Å²) in [5.74, 6) is 0.807. The summed E-state index contributed by atoms with van der Waals surface area (Å²) >= 11 is 0. The van der Waals surface area contributed by atoms with Crippen LogP contribution >= 0.6 is 0 Å². The zero-order chi connectivity index (χ0) is 17.5. The minimum Gasteiger partial charge on any atom is -0.291 e. The molecule has 0 saturated heterocycles. The van der Waals surface area contributed by atoms with Crippen molar-refractivity contribution < 1.29 is 9.59 Å². The third-order valence-electron chi connectivity index (χ3n) is 4.58. The Morgan fingerprint density at radius 2 is 1.26 bits per heavy atom. The molecule has 1 unspecified atom stereocenters. The van der Waals surface area contributed by atoms with E-state index in [0.29, 0.717) is 18.8 Å². The number of Topliss-reactive ketones (excluding diaryl/α,β-unsaturated/α-hetero) is 2. The molecule has 0 spiro atoms. The molecular weight excluding hydrogens is 284 g/mol. The van der Waals surface area contributed by atoms with Gasteiger partial charge in [0.05, 0.1) is 0 Å². The van der Waals surface area contributed by atoms with E-state index in [1.165, 1.54) is 51.4 Å². The molecule has 0 rings (SSSR count). The Morgan fingerprint density at radius 3 is 1.83 bits per heavy atom. The molecule has 0 aromatic heterocycles. The Morgan fingerprint density at radius 1 is 0.696 bits per heavy atom. The molecule has 0 fully saturated rings. The van der Waals surface area contributed by atoms with Crippen molar-refractivity contribution in [2.45, 2.75) is 111 Å². The molecule has 0 aliphatic rings. The van der Waals surface area contributed by atoms with Crippen molar-refractivity contribution in [2.24, 2.45) is 11.8 Å². The van der Waals surface area contributed by atoms with Crippen LogP contribution in [-0.4, -0.2) is 11.6 Å². The van der Waals surface area contributed by atoms with Crippen molar-refractivity contribution in [1.29, 1.82) is 0 Å². The molecule has 0 bridgehead atoms. The first kappa shape index (κ1) is 22.3. The molecule has 0 aliphatic carbocycles. The summed E-state index contributed by atoms with van der Waals surface area (Å²) < 4.78 is 0. The number of unbranched alkanes of at least 4 members (excludes halogenated alkanes) is 7. The van der Waals surface area contributed by atoms with Gasteiger partial charge in [0.15, 0.2) is 11.6 Å². The lowest BCUT2D eigenvalue weighted by molar-refractivity contribution is -0.137. The van der Waals surface area contributed by atoms with Crippen molar-refractivity contribution in [3.8, 4) is 0 Å². The van der Waals surface area contributed by atoms with Crippen LogP contribution in [-0.2, 0) is 9.59 Å². The maximum absolute atomic E-state index is 11.9. The zero-order valence-corrected chi connectivity index (χ0v) is 16.2. The Labute approximate surface area is 144 Å². The molecule has 0 saturated carbocycles. The quantitative estimate of drug-likeness (QED) is 0.239. The number of hydrogen-bond acceptors (Lipinski definition) is 2. The van der Waals surface area contributed by atoms with Gasteiger partial charge in [0, 0.05) is 12.8 Å². The molecule has 0 amide bonds. The van der Waals surface area contributed by atoms with Gasteiger partial charge in [-0.1, -0.05) is 91.9 Å². The van der Waals surface area contributed by atoms with Gasteiger partial charge in [-0.25, -0.2) is 0 Å². The van der Waals surface area contributed by atoms with Crippen molar-refractivity contribution in [3.05, 3.63) is 0 Å². The second-order valence-electron chi connectivity index (χ2n) is 7.71. The standard InChI is InChI=1S/C21H40O2/c1-5-6-7-8-9-10-11-12-16-20(22)21(23)17-19(4)15-13-14-18(2)3/h18-19H,5-17H2,1-4H3. The van der Waals surface area contributed by atoms with Crippen LogP contribution in [0.4, 0.5) is 0 Å². The fourth-order valence-corrected chi connectivity index (χ4v) is 2.97. The van der Waals surface area contributed by atoms with Gasteiger partial charge in [-0.05, 0) is 18.3 Å². The number of carbonyl (C=O) groups is 2. The highest BCUT2D eigenvalue weighted by molar-refractivity contribution is 6.37. The predicted octanol–water partition coefficient (Wildman–Crippen LogP) is 6.51. The van der Waals surface area contributed by atoms with E-state index in [-0.39, 0.29) is 11.6 Å². The maximum Gasteiger partial charge on any atom is 0.198 e. The highest BCUT2D eigenvalue weighted by Crippen LogP contribution is 2.16. The van der Waals surface area contributed by atoms with E-state index in [1.54, 1.807) is 0 Å². The molecule has 2 heteroatoms. The van der Waals surface area contributed by atoms with Crippen LogP contribution in [0.25, 0.3) is 0 Å².